The standard InChI is InChI=1S/C18H22N4O2/c1-3-18(2,17(19)24)10-21-16(23)13-9-12-5-4-8-20-15(12)22-14(13)11-6-7-11/h4-5,8-9,11H,3,6-7,10H2,1-2H3,(H2,19,24)(H,21,23). The Kier molecular flexibility index (Phi) is 4.22. The van der Waals surface area contributed by atoms with Gasteiger partial charge in [0.05, 0.1) is 16.7 Å². The van der Waals surface area contributed by atoms with Gasteiger partial charge >= 0.3 is 0 Å². The zero-order chi connectivity index (χ0) is 17.3. The highest BCUT2D eigenvalue weighted by Crippen LogP contribution is 2.41. The van der Waals surface area contributed by atoms with Crippen LogP contribution in [0.15, 0.2) is 24.4 Å². The van der Waals surface area contributed by atoms with Crippen LogP contribution in [0.3, 0.4) is 0 Å². The van der Waals surface area contributed by atoms with Gasteiger partial charge in [0.15, 0.2) is 5.65 Å². The number of hydrogen-bond donors (Lipinski definition) is 2. The van der Waals surface area contributed by atoms with Crippen LogP contribution in [0.4, 0.5) is 0 Å². The lowest BCUT2D eigenvalue weighted by molar-refractivity contribution is -0.126. The van der Waals surface area contributed by atoms with E-state index < -0.39 is 11.3 Å². The summed E-state index contributed by atoms with van der Waals surface area (Å²) >= 11 is 0. The van der Waals surface area contributed by atoms with Gasteiger partial charge in [0, 0.05) is 24.0 Å². The molecule has 1 saturated carbocycles. The third-order valence-corrected chi connectivity index (χ3v) is 4.84. The van der Waals surface area contributed by atoms with E-state index in [0.29, 0.717) is 23.5 Å². The maximum absolute atomic E-state index is 12.7. The fraction of sp³-hybridized carbons (Fsp3) is 0.444. The molecule has 6 heteroatoms. The summed E-state index contributed by atoms with van der Waals surface area (Å²) in [6.07, 6.45) is 4.35. The molecule has 24 heavy (non-hydrogen) atoms. The highest BCUT2D eigenvalue weighted by atomic mass is 16.2. The Hall–Kier alpha value is -2.50. The number of carbonyl (C=O) groups is 2. The highest BCUT2D eigenvalue weighted by molar-refractivity contribution is 5.98. The second kappa shape index (κ2) is 6.19. The first-order chi connectivity index (χ1) is 11.4. The van der Waals surface area contributed by atoms with Crippen LogP contribution in [0.25, 0.3) is 11.0 Å². The molecule has 1 aliphatic carbocycles. The van der Waals surface area contributed by atoms with E-state index in [1.807, 2.05) is 25.1 Å². The van der Waals surface area contributed by atoms with Gasteiger partial charge in [0.25, 0.3) is 5.91 Å². The van der Waals surface area contributed by atoms with Gasteiger partial charge in [0.2, 0.25) is 5.91 Å². The number of nitrogens with one attached hydrogen (secondary N) is 1. The van der Waals surface area contributed by atoms with Gasteiger partial charge in [-0.25, -0.2) is 9.97 Å². The van der Waals surface area contributed by atoms with Crippen LogP contribution in [-0.4, -0.2) is 28.3 Å². The SMILES string of the molecule is CCC(C)(CNC(=O)c1cc2cccnc2nc1C1CC1)C(N)=O. The van der Waals surface area contributed by atoms with Gasteiger partial charge in [-0.15, -0.1) is 0 Å². The third-order valence-electron chi connectivity index (χ3n) is 4.84. The zero-order valence-corrected chi connectivity index (χ0v) is 14.0. The van der Waals surface area contributed by atoms with E-state index in [9.17, 15) is 9.59 Å². The number of primary amides is 1. The largest absolute Gasteiger partial charge is 0.369 e. The van der Waals surface area contributed by atoms with Crippen molar-refractivity contribution >= 4 is 22.8 Å². The van der Waals surface area contributed by atoms with Crippen molar-refractivity contribution in [2.45, 2.75) is 39.0 Å². The molecule has 6 nitrogen and oxygen atoms in total. The Bertz CT molecular complexity index is 801. The number of carbonyl (C=O) groups excluding carboxylic acids is 2. The molecule has 1 aliphatic rings. The molecular formula is C18H22N4O2. The van der Waals surface area contributed by atoms with E-state index in [1.54, 1.807) is 13.1 Å². The third kappa shape index (κ3) is 3.09. The number of fused-ring (bicyclic) bond motifs is 1. The molecule has 1 fully saturated rings. The minimum atomic E-state index is -0.749. The van der Waals surface area contributed by atoms with E-state index in [0.717, 1.165) is 23.9 Å². The number of hydrogen-bond acceptors (Lipinski definition) is 4. The maximum Gasteiger partial charge on any atom is 0.253 e. The van der Waals surface area contributed by atoms with Crippen molar-refractivity contribution in [3.63, 3.8) is 0 Å². The predicted octanol–water partition coefficient (Wildman–Crippen LogP) is 2.14. The summed E-state index contributed by atoms with van der Waals surface area (Å²) in [5, 5.41) is 3.69. The summed E-state index contributed by atoms with van der Waals surface area (Å²) in [4.78, 5) is 33.2. The minimum Gasteiger partial charge on any atom is -0.369 e. The van der Waals surface area contributed by atoms with Gasteiger partial charge in [-0.05, 0) is 44.4 Å². The van der Waals surface area contributed by atoms with Crippen molar-refractivity contribution in [3.8, 4) is 0 Å². The first-order valence-electron chi connectivity index (χ1n) is 8.28. The Morgan fingerprint density at radius 1 is 1.42 bits per heavy atom. The first-order valence-corrected chi connectivity index (χ1v) is 8.28. The van der Waals surface area contributed by atoms with Crippen molar-refractivity contribution in [2.24, 2.45) is 11.1 Å². The molecule has 0 saturated heterocycles. The molecule has 2 heterocycles. The lowest BCUT2D eigenvalue weighted by Gasteiger charge is -2.24. The van der Waals surface area contributed by atoms with Crippen LogP contribution < -0.4 is 11.1 Å². The molecular weight excluding hydrogens is 304 g/mol. The molecule has 2 aromatic rings. The average Bonchev–Trinajstić information content (AvgIpc) is 3.43. The molecule has 0 aromatic carbocycles. The number of rotatable bonds is 6. The molecule has 0 radical (unpaired) electrons. The second-order valence-corrected chi connectivity index (χ2v) is 6.71. The lowest BCUT2D eigenvalue weighted by atomic mass is 9.86. The van der Waals surface area contributed by atoms with Gasteiger partial charge in [-0.3, -0.25) is 9.59 Å². The van der Waals surface area contributed by atoms with Crippen LogP contribution >= 0.6 is 0 Å². The van der Waals surface area contributed by atoms with Gasteiger partial charge < -0.3 is 11.1 Å². The smallest absolute Gasteiger partial charge is 0.253 e. The Labute approximate surface area is 140 Å². The predicted molar refractivity (Wildman–Crippen MR) is 91.4 cm³/mol. The zero-order valence-electron chi connectivity index (χ0n) is 14.0. The van der Waals surface area contributed by atoms with Gasteiger partial charge in [-0.1, -0.05) is 6.92 Å². The second-order valence-electron chi connectivity index (χ2n) is 6.71. The number of aromatic nitrogens is 2. The molecule has 2 amide bonds. The molecule has 0 bridgehead atoms. The molecule has 0 aliphatic heterocycles. The Balaban J connectivity index is 1.89. The Morgan fingerprint density at radius 2 is 2.17 bits per heavy atom. The van der Waals surface area contributed by atoms with Crippen LogP contribution in [0, 0.1) is 5.41 Å². The van der Waals surface area contributed by atoms with Gasteiger partial charge in [0.1, 0.15) is 0 Å². The van der Waals surface area contributed by atoms with Crippen molar-refractivity contribution < 1.29 is 9.59 Å². The molecule has 1 atom stereocenters. The lowest BCUT2D eigenvalue weighted by Crippen LogP contribution is -2.44. The van der Waals surface area contributed by atoms with E-state index in [4.69, 9.17) is 5.73 Å². The number of nitrogens with zero attached hydrogens (tertiary/aromatic N) is 2. The maximum atomic E-state index is 12.7. The molecule has 126 valence electrons. The summed E-state index contributed by atoms with van der Waals surface area (Å²) in [5.41, 5.74) is 6.74. The quantitative estimate of drug-likeness (QED) is 0.849. The topological polar surface area (TPSA) is 98.0 Å². The van der Waals surface area contributed by atoms with Gasteiger partial charge in [-0.2, -0.15) is 0 Å². The summed E-state index contributed by atoms with van der Waals surface area (Å²) in [6, 6.07) is 5.55. The van der Waals surface area contributed by atoms with Crippen molar-refractivity contribution in [1.82, 2.24) is 15.3 Å². The normalized spacial score (nSPS) is 16.6. The molecule has 0 spiro atoms. The van der Waals surface area contributed by atoms with E-state index in [-0.39, 0.29) is 12.5 Å². The van der Waals surface area contributed by atoms with Crippen LogP contribution in [0.2, 0.25) is 0 Å². The number of amides is 2. The number of nitrogens with two attached hydrogens (primary N) is 1. The molecule has 2 aromatic heterocycles. The fourth-order valence-corrected chi connectivity index (χ4v) is 2.63. The summed E-state index contributed by atoms with van der Waals surface area (Å²) < 4.78 is 0. The summed E-state index contributed by atoms with van der Waals surface area (Å²) in [6.45, 7) is 3.86. The average molecular weight is 326 g/mol. The molecule has 1 unspecified atom stereocenters. The molecule has 3 N–H and O–H groups in total. The minimum absolute atomic E-state index is 0.212. The summed E-state index contributed by atoms with van der Waals surface area (Å²) in [7, 11) is 0. The van der Waals surface area contributed by atoms with E-state index in [2.05, 4.69) is 15.3 Å². The van der Waals surface area contributed by atoms with E-state index in [1.165, 1.54) is 0 Å². The van der Waals surface area contributed by atoms with Crippen molar-refractivity contribution in [3.05, 3.63) is 35.7 Å². The van der Waals surface area contributed by atoms with Crippen molar-refractivity contribution in [1.29, 1.82) is 0 Å². The Morgan fingerprint density at radius 3 is 2.79 bits per heavy atom. The van der Waals surface area contributed by atoms with E-state index >= 15 is 0 Å². The van der Waals surface area contributed by atoms with Crippen LogP contribution in [-0.2, 0) is 4.79 Å². The first kappa shape index (κ1) is 16.4. The number of pyridine rings is 2. The highest BCUT2D eigenvalue weighted by Gasteiger charge is 2.32. The summed E-state index contributed by atoms with van der Waals surface area (Å²) in [5.74, 6) is -0.296. The van der Waals surface area contributed by atoms with Crippen LogP contribution in [0.5, 0.6) is 0 Å². The monoisotopic (exact) mass is 326 g/mol. The van der Waals surface area contributed by atoms with Crippen molar-refractivity contribution in [2.75, 3.05) is 6.54 Å². The molecule has 3 rings (SSSR count). The van der Waals surface area contributed by atoms with Crippen LogP contribution in [0.1, 0.15) is 55.1 Å². The fourth-order valence-electron chi connectivity index (χ4n) is 2.63.